The SMILES string of the molecule is CC(C)n1cncc1C(CN)N(CC1CC1)CC1CC1. The van der Waals surface area contributed by atoms with Gasteiger partial charge in [0.05, 0.1) is 18.1 Å². The summed E-state index contributed by atoms with van der Waals surface area (Å²) in [5.41, 5.74) is 7.44. The van der Waals surface area contributed by atoms with Crippen LogP contribution in [-0.4, -0.2) is 34.1 Å². The number of imidazole rings is 1. The Balaban J connectivity index is 1.78. The number of hydrogen-bond donors (Lipinski definition) is 1. The molecule has 0 saturated heterocycles. The number of nitrogens with zero attached hydrogens (tertiary/aromatic N) is 3. The smallest absolute Gasteiger partial charge is 0.0951 e. The molecule has 2 fully saturated rings. The van der Waals surface area contributed by atoms with Gasteiger partial charge in [0.15, 0.2) is 0 Å². The Hall–Kier alpha value is -0.870. The van der Waals surface area contributed by atoms with Crippen LogP contribution in [0.1, 0.15) is 57.3 Å². The van der Waals surface area contributed by atoms with Gasteiger partial charge >= 0.3 is 0 Å². The van der Waals surface area contributed by atoms with Crippen LogP contribution in [0.5, 0.6) is 0 Å². The van der Waals surface area contributed by atoms with Gasteiger partial charge in [-0.1, -0.05) is 0 Å². The van der Waals surface area contributed by atoms with Crippen LogP contribution in [0, 0.1) is 11.8 Å². The lowest BCUT2D eigenvalue weighted by Gasteiger charge is -2.32. The van der Waals surface area contributed by atoms with Crippen LogP contribution < -0.4 is 5.73 Å². The molecular formula is C16H28N4. The Kier molecular flexibility index (Phi) is 4.13. The molecule has 0 radical (unpaired) electrons. The molecule has 4 nitrogen and oxygen atoms in total. The van der Waals surface area contributed by atoms with Crippen molar-refractivity contribution in [2.45, 2.75) is 51.6 Å². The van der Waals surface area contributed by atoms with Crippen molar-refractivity contribution in [1.29, 1.82) is 0 Å². The van der Waals surface area contributed by atoms with Crippen LogP contribution in [0.2, 0.25) is 0 Å². The zero-order valence-electron chi connectivity index (χ0n) is 12.8. The quantitative estimate of drug-likeness (QED) is 0.794. The molecule has 2 aliphatic carbocycles. The molecule has 2 saturated carbocycles. The van der Waals surface area contributed by atoms with E-state index in [0.717, 1.165) is 11.8 Å². The average molecular weight is 276 g/mol. The third-order valence-corrected chi connectivity index (χ3v) is 4.64. The fourth-order valence-corrected chi connectivity index (χ4v) is 3.05. The van der Waals surface area contributed by atoms with Gasteiger partial charge in [0.1, 0.15) is 0 Å². The first-order valence-corrected chi connectivity index (χ1v) is 8.15. The molecule has 2 N–H and O–H groups in total. The number of hydrogen-bond acceptors (Lipinski definition) is 3. The van der Waals surface area contributed by atoms with E-state index in [2.05, 4.69) is 28.3 Å². The van der Waals surface area contributed by atoms with Crippen LogP contribution in [-0.2, 0) is 0 Å². The maximum Gasteiger partial charge on any atom is 0.0951 e. The van der Waals surface area contributed by atoms with E-state index in [1.165, 1.54) is 44.5 Å². The summed E-state index contributed by atoms with van der Waals surface area (Å²) >= 11 is 0. The number of nitrogens with two attached hydrogens (primary N) is 1. The second-order valence-corrected chi connectivity index (χ2v) is 6.91. The highest BCUT2D eigenvalue weighted by Crippen LogP contribution is 2.37. The van der Waals surface area contributed by atoms with Gasteiger partial charge in [-0.15, -0.1) is 0 Å². The minimum Gasteiger partial charge on any atom is -0.331 e. The van der Waals surface area contributed by atoms with Crippen molar-refractivity contribution in [3.05, 3.63) is 18.2 Å². The highest BCUT2D eigenvalue weighted by atomic mass is 15.2. The molecule has 1 heterocycles. The van der Waals surface area contributed by atoms with E-state index in [-0.39, 0.29) is 0 Å². The van der Waals surface area contributed by atoms with E-state index in [4.69, 9.17) is 5.73 Å². The van der Waals surface area contributed by atoms with Crippen molar-refractivity contribution in [1.82, 2.24) is 14.5 Å². The molecule has 0 bridgehead atoms. The second kappa shape index (κ2) is 5.86. The van der Waals surface area contributed by atoms with E-state index < -0.39 is 0 Å². The summed E-state index contributed by atoms with van der Waals surface area (Å²) in [5, 5.41) is 0. The molecule has 2 aliphatic rings. The largest absolute Gasteiger partial charge is 0.331 e. The monoisotopic (exact) mass is 276 g/mol. The molecule has 1 atom stereocenters. The van der Waals surface area contributed by atoms with Gasteiger partial charge in [-0.25, -0.2) is 4.98 Å². The summed E-state index contributed by atoms with van der Waals surface area (Å²) < 4.78 is 2.28. The van der Waals surface area contributed by atoms with E-state index in [1.807, 2.05) is 12.5 Å². The Morgan fingerprint density at radius 1 is 1.25 bits per heavy atom. The molecule has 112 valence electrons. The van der Waals surface area contributed by atoms with Crippen molar-refractivity contribution in [3.63, 3.8) is 0 Å². The number of rotatable bonds is 8. The van der Waals surface area contributed by atoms with E-state index in [0.29, 0.717) is 18.6 Å². The maximum atomic E-state index is 6.14. The maximum absolute atomic E-state index is 6.14. The molecule has 0 amide bonds. The van der Waals surface area contributed by atoms with Crippen molar-refractivity contribution < 1.29 is 0 Å². The van der Waals surface area contributed by atoms with Crippen LogP contribution in [0.3, 0.4) is 0 Å². The Bertz CT molecular complexity index is 417. The third-order valence-electron chi connectivity index (χ3n) is 4.64. The first kappa shape index (κ1) is 14.1. The first-order valence-electron chi connectivity index (χ1n) is 8.15. The fourth-order valence-electron chi connectivity index (χ4n) is 3.05. The molecular weight excluding hydrogens is 248 g/mol. The molecule has 1 aromatic heterocycles. The Labute approximate surface area is 122 Å². The molecule has 0 spiro atoms. The Morgan fingerprint density at radius 3 is 2.30 bits per heavy atom. The normalized spacial score (nSPS) is 20.9. The molecule has 1 unspecified atom stereocenters. The lowest BCUT2D eigenvalue weighted by Crippen LogP contribution is -2.38. The zero-order chi connectivity index (χ0) is 14.1. The molecule has 4 heteroatoms. The van der Waals surface area contributed by atoms with E-state index in [1.54, 1.807) is 0 Å². The van der Waals surface area contributed by atoms with Crippen LogP contribution >= 0.6 is 0 Å². The van der Waals surface area contributed by atoms with Crippen LogP contribution in [0.15, 0.2) is 12.5 Å². The fraction of sp³-hybridized carbons (Fsp3) is 0.812. The Morgan fingerprint density at radius 2 is 1.85 bits per heavy atom. The van der Waals surface area contributed by atoms with Gasteiger partial charge in [0.2, 0.25) is 0 Å². The van der Waals surface area contributed by atoms with Crippen LogP contribution in [0.25, 0.3) is 0 Å². The average Bonchev–Trinajstić information content (AvgIpc) is 3.33. The lowest BCUT2D eigenvalue weighted by atomic mass is 10.1. The van der Waals surface area contributed by atoms with Crippen molar-refractivity contribution in [3.8, 4) is 0 Å². The summed E-state index contributed by atoms with van der Waals surface area (Å²) in [4.78, 5) is 7.01. The molecule has 0 aliphatic heterocycles. The predicted molar refractivity (Wildman–Crippen MR) is 81.4 cm³/mol. The lowest BCUT2D eigenvalue weighted by molar-refractivity contribution is 0.177. The molecule has 1 aromatic rings. The second-order valence-electron chi connectivity index (χ2n) is 6.91. The summed E-state index contributed by atoms with van der Waals surface area (Å²) in [7, 11) is 0. The highest BCUT2D eigenvalue weighted by Gasteiger charge is 2.33. The van der Waals surface area contributed by atoms with Gasteiger partial charge in [0.25, 0.3) is 0 Å². The van der Waals surface area contributed by atoms with Gasteiger partial charge in [-0.05, 0) is 51.4 Å². The molecule has 20 heavy (non-hydrogen) atoms. The predicted octanol–water partition coefficient (Wildman–Crippen LogP) is 2.59. The molecule has 0 aromatic carbocycles. The van der Waals surface area contributed by atoms with Crippen LogP contribution in [0.4, 0.5) is 0 Å². The summed E-state index contributed by atoms with van der Waals surface area (Å²) in [6.45, 7) is 7.57. The highest BCUT2D eigenvalue weighted by molar-refractivity contribution is 5.08. The topological polar surface area (TPSA) is 47.1 Å². The first-order chi connectivity index (χ1) is 9.69. The molecule has 3 rings (SSSR count). The van der Waals surface area contributed by atoms with Gasteiger partial charge < -0.3 is 10.3 Å². The van der Waals surface area contributed by atoms with Crippen molar-refractivity contribution >= 4 is 0 Å². The minimum atomic E-state index is 0.334. The number of aromatic nitrogens is 2. The summed E-state index contributed by atoms with van der Waals surface area (Å²) in [5.74, 6) is 1.83. The van der Waals surface area contributed by atoms with Gasteiger partial charge in [-0.2, -0.15) is 0 Å². The van der Waals surface area contributed by atoms with Crippen molar-refractivity contribution in [2.24, 2.45) is 17.6 Å². The van der Waals surface area contributed by atoms with E-state index >= 15 is 0 Å². The standard InChI is InChI=1S/C16H28N4/c1-12(2)20-11-18-8-16(20)15(7-17)19(9-13-3-4-13)10-14-5-6-14/h8,11-15H,3-7,9-10,17H2,1-2H3. The van der Waals surface area contributed by atoms with E-state index in [9.17, 15) is 0 Å². The minimum absolute atomic E-state index is 0.334. The third kappa shape index (κ3) is 3.23. The van der Waals surface area contributed by atoms with Gasteiger partial charge in [-0.3, -0.25) is 4.90 Å². The summed E-state index contributed by atoms with van der Waals surface area (Å²) in [6, 6.07) is 0.784. The van der Waals surface area contributed by atoms with Gasteiger partial charge in [0, 0.05) is 31.9 Å². The summed E-state index contributed by atoms with van der Waals surface area (Å²) in [6.07, 6.45) is 9.59. The zero-order valence-corrected chi connectivity index (χ0v) is 12.8. The van der Waals surface area contributed by atoms with Crippen molar-refractivity contribution in [2.75, 3.05) is 19.6 Å².